The lowest BCUT2D eigenvalue weighted by Gasteiger charge is -2.10. The number of carbonyl (C=O) groups excluding carboxylic acids is 1. The fourth-order valence-electron chi connectivity index (χ4n) is 3.65. The Morgan fingerprint density at radius 3 is 2.65 bits per heavy atom. The second kappa shape index (κ2) is 9.92. The van der Waals surface area contributed by atoms with Crippen molar-refractivity contribution >= 4 is 56.2 Å². The molecule has 0 saturated heterocycles. The van der Waals surface area contributed by atoms with Gasteiger partial charge in [-0.2, -0.15) is 23.4 Å². The molecule has 37 heavy (non-hydrogen) atoms. The molecule has 0 unspecified atom stereocenters. The second-order valence-electron chi connectivity index (χ2n) is 8.01. The molecule has 0 bridgehead atoms. The van der Waals surface area contributed by atoms with Gasteiger partial charge in [0.05, 0.1) is 21.6 Å². The summed E-state index contributed by atoms with van der Waals surface area (Å²) in [4.78, 5) is 18.9. The summed E-state index contributed by atoms with van der Waals surface area (Å²) >= 11 is 10.9. The number of benzene rings is 1. The number of fused-ring (bicyclic) bond motifs is 1. The molecule has 4 aromatic heterocycles. The van der Waals surface area contributed by atoms with Crippen LogP contribution < -0.4 is 5.32 Å². The molecule has 5 rings (SSSR count). The second-order valence-corrected chi connectivity index (χ2v) is 10.4. The minimum Gasteiger partial charge on any atom is -0.303 e. The van der Waals surface area contributed by atoms with Crippen molar-refractivity contribution in [3.05, 3.63) is 86.1 Å². The molecule has 0 fully saturated rings. The highest BCUT2D eigenvalue weighted by molar-refractivity contribution is 9.10. The van der Waals surface area contributed by atoms with Crippen molar-refractivity contribution in [2.45, 2.75) is 26.1 Å². The molecule has 0 aliphatic carbocycles. The first-order valence-electron chi connectivity index (χ1n) is 11.0. The van der Waals surface area contributed by atoms with Crippen molar-refractivity contribution in [3.8, 4) is 10.6 Å². The number of alkyl halides is 3. The lowest BCUT2D eigenvalue weighted by molar-refractivity contribution is -0.142. The topological polar surface area (TPSA) is 77.1 Å². The van der Waals surface area contributed by atoms with Gasteiger partial charge in [0.1, 0.15) is 0 Å². The van der Waals surface area contributed by atoms with Crippen LogP contribution in [-0.4, -0.2) is 30.3 Å². The fourth-order valence-corrected chi connectivity index (χ4v) is 5.17. The van der Waals surface area contributed by atoms with E-state index in [-0.39, 0.29) is 22.9 Å². The first kappa shape index (κ1) is 25.4. The lowest BCUT2D eigenvalue weighted by atomic mass is 10.2. The standard InChI is InChI=1S/C24H17BrClF3N6OS/c1-2-14-7-8-19(37-14)17-9-20(24(27,28)29)35-21(30-17)10-18(32-35)23(36)31-22-15(25)12-34(33-22)11-13-5-3-4-6-16(13)26/h3-10,12H,2,11H2,1H3,(H,31,33,36). The number of nitrogens with one attached hydrogen (secondary N) is 1. The first-order chi connectivity index (χ1) is 17.6. The van der Waals surface area contributed by atoms with Crippen LogP contribution in [0.5, 0.6) is 0 Å². The maximum atomic E-state index is 13.9. The summed E-state index contributed by atoms with van der Waals surface area (Å²) in [6, 6.07) is 13.0. The van der Waals surface area contributed by atoms with E-state index < -0.39 is 17.8 Å². The lowest BCUT2D eigenvalue weighted by Crippen LogP contribution is -2.16. The van der Waals surface area contributed by atoms with Gasteiger partial charge in [0.25, 0.3) is 5.91 Å². The quantitative estimate of drug-likeness (QED) is 0.226. The summed E-state index contributed by atoms with van der Waals surface area (Å²) in [5.74, 6) is -0.544. The number of thiophene rings is 1. The number of rotatable bonds is 6. The zero-order valence-electron chi connectivity index (χ0n) is 19.1. The molecule has 5 aromatic rings. The Kier molecular flexibility index (Phi) is 6.82. The smallest absolute Gasteiger partial charge is 0.303 e. The van der Waals surface area contributed by atoms with Gasteiger partial charge in [0.15, 0.2) is 22.9 Å². The Morgan fingerprint density at radius 1 is 1.16 bits per heavy atom. The molecule has 4 heterocycles. The highest BCUT2D eigenvalue weighted by Crippen LogP contribution is 2.34. The minimum absolute atomic E-state index is 0.0928. The SMILES string of the molecule is CCc1ccc(-c2cc(C(F)(F)F)n3nc(C(=O)Nc4nn(Cc5ccccc5Cl)cc4Br)cc3n2)s1. The van der Waals surface area contributed by atoms with Crippen molar-refractivity contribution < 1.29 is 18.0 Å². The van der Waals surface area contributed by atoms with E-state index in [1.54, 1.807) is 23.0 Å². The van der Waals surface area contributed by atoms with Gasteiger partial charge in [-0.1, -0.05) is 36.7 Å². The predicted molar refractivity (Wildman–Crippen MR) is 139 cm³/mol. The van der Waals surface area contributed by atoms with Gasteiger partial charge < -0.3 is 5.32 Å². The summed E-state index contributed by atoms with van der Waals surface area (Å²) in [6.07, 6.45) is -2.29. The molecule has 7 nitrogen and oxygen atoms in total. The van der Waals surface area contributed by atoms with E-state index in [4.69, 9.17) is 11.6 Å². The summed E-state index contributed by atoms with van der Waals surface area (Å²) in [5.41, 5.74) is -0.357. The fraction of sp³-hybridized carbons (Fsp3) is 0.167. The molecule has 0 saturated carbocycles. The van der Waals surface area contributed by atoms with Crippen molar-refractivity contribution in [3.63, 3.8) is 0 Å². The highest BCUT2D eigenvalue weighted by atomic mass is 79.9. The third-order valence-corrected chi connectivity index (χ3v) is 7.65. The van der Waals surface area contributed by atoms with E-state index in [1.807, 2.05) is 31.2 Å². The van der Waals surface area contributed by atoms with Gasteiger partial charge in [-0.25, -0.2) is 9.50 Å². The Morgan fingerprint density at radius 2 is 1.95 bits per heavy atom. The zero-order chi connectivity index (χ0) is 26.3. The third-order valence-electron chi connectivity index (χ3n) is 5.45. The van der Waals surface area contributed by atoms with E-state index in [0.717, 1.165) is 22.9 Å². The number of nitrogens with zero attached hydrogens (tertiary/aromatic N) is 5. The van der Waals surface area contributed by atoms with Gasteiger partial charge in [0, 0.05) is 22.2 Å². The number of hydrogen-bond donors (Lipinski definition) is 1. The predicted octanol–water partition coefficient (Wildman–Crippen LogP) is 6.95. The van der Waals surface area contributed by atoms with E-state index in [1.165, 1.54) is 17.4 Å². The number of aromatic nitrogens is 5. The van der Waals surface area contributed by atoms with E-state index >= 15 is 0 Å². The van der Waals surface area contributed by atoms with Crippen LogP contribution in [0.4, 0.5) is 19.0 Å². The van der Waals surface area contributed by atoms with Gasteiger partial charge in [-0.15, -0.1) is 11.3 Å². The normalized spacial score (nSPS) is 11.8. The van der Waals surface area contributed by atoms with Crippen molar-refractivity contribution in [2.75, 3.05) is 5.32 Å². The van der Waals surface area contributed by atoms with Crippen LogP contribution in [-0.2, 0) is 19.1 Å². The number of carbonyl (C=O) groups is 1. The third kappa shape index (κ3) is 5.27. The Bertz CT molecular complexity index is 1630. The molecule has 0 aliphatic heterocycles. The summed E-state index contributed by atoms with van der Waals surface area (Å²) in [5, 5.41) is 11.4. The van der Waals surface area contributed by atoms with Gasteiger partial charge >= 0.3 is 6.18 Å². The highest BCUT2D eigenvalue weighted by Gasteiger charge is 2.36. The molecule has 190 valence electrons. The minimum atomic E-state index is -4.71. The van der Waals surface area contributed by atoms with Crippen molar-refractivity contribution in [1.29, 1.82) is 0 Å². The summed E-state index contributed by atoms with van der Waals surface area (Å²) in [6.45, 7) is 2.32. The maximum absolute atomic E-state index is 13.9. The molecule has 0 aliphatic rings. The Labute approximate surface area is 226 Å². The first-order valence-corrected chi connectivity index (χ1v) is 13.0. The number of aryl methyl sites for hydroxylation is 1. The number of halogens is 5. The Hall–Kier alpha value is -3.22. The maximum Gasteiger partial charge on any atom is 0.433 e. The van der Waals surface area contributed by atoms with Crippen LogP contribution in [0.15, 0.2) is 59.2 Å². The van der Waals surface area contributed by atoms with Crippen molar-refractivity contribution in [2.24, 2.45) is 0 Å². The van der Waals surface area contributed by atoms with Crippen LogP contribution in [0, 0.1) is 0 Å². The molecule has 1 N–H and O–H groups in total. The zero-order valence-corrected chi connectivity index (χ0v) is 22.2. The Balaban J connectivity index is 1.45. The van der Waals surface area contributed by atoms with Gasteiger partial charge in [-0.3, -0.25) is 9.48 Å². The molecule has 13 heteroatoms. The number of anilines is 1. The molecule has 0 atom stereocenters. The summed E-state index contributed by atoms with van der Waals surface area (Å²) in [7, 11) is 0. The van der Waals surface area contributed by atoms with Crippen LogP contribution in [0.25, 0.3) is 16.2 Å². The van der Waals surface area contributed by atoms with Crippen LogP contribution >= 0.6 is 38.9 Å². The van der Waals surface area contributed by atoms with Crippen LogP contribution in [0.3, 0.4) is 0 Å². The average Bonchev–Trinajstić information content (AvgIpc) is 3.58. The van der Waals surface area contributed by atoms with Gasteiger partial charge in [-0.05, 0) is 52.2 Å². The summed E-state index contributed by atoms with van der Waals surface area (Å²) < 4.78 is 44.4. The van der Waals surface area contributed by atoms with Gasteiger partial charge in [0.2, 0.25) is 0 Å². The monoisotopic (exact) mass is 608 g/mol. The van der Waals surface area contributed by atoms with E-state index in [0.29, 0.717) is 25.4 Å². The van der Waals surface area contributed by atoms with E-state index in [9.17, 15) is 18.0 Å². The largest absolute Gasteiger partial charge is 0.433 e. The number of hydrogen-bond acceptors (Lipinski definition) is 5. The van der Waals surface area contributed by atoms with Crippen LogP contribution in [0.1, 0.15) is 33.5 Å². The van der Waals surface area contributed by atoms with E-state index in [2.05, 4.69) is 36.4 Å². The molecule has 0 radical (unpaired) electrons. The molecule has 1 amide bonds. The number of amides is 1. The average molecular weight is 610 g/mol. The molecule has 0 spiro atoms. The molecular weight excluding hydrogens is 593 g/mol. The molecular formula is C24H17BrClF3N6OS. The molecule has 1 aromatic carbocycles. The van der Waals surface area contributed by atoms with Crippen LogP contribution in [0.2, 0.25) is 5.02 Å². The van der Waals surface area contributed by atoms with Crippen molar-refractivity contribution in [1.82, 2.24) is 24.4 Å².